The summed E-state index contributed by atoms with van der Waals surface area (Å²) in [4.78, 5) is 2.42. The zero-order valence-corrected chi connectivity index (χ0v) is 8.39. The second-order valence-corrected chi connectivity index (χ2v) is 3.50. The molecule has 1 heteroatoms. The fourth-order valence-electron chi connectivity index (χ4n) is 1.76. The van der Waals surface area contributed by atoms with Gasteiger partial charge in [0.2, 0.25) is 0 Å². The van der Waals surface area contributed by atoms with Crippen LogP contribution in [0.5, 0.6) is 0 Å². The molecule has 1 fully saturated rings. The maximum atomic E-state index is 3.75. The number of allylic oxidation sites excluding steroid dienone is 2. The van der Waals surface area contributed by atoms with Gasteiger partial charge in [-0.25, -0.2) is 0 Å². The predicted molar refractivity (Wildman–Crippen MR) is 57.5 cm³/mol. The largest absolute Gasteiger partial charge is 0.369 e. The van der Waals surface area contributed by atoms with E-state index >= 15 is 0 Å². The van der Waals surface area contributed by atoms with Gasteiger partial charge in [-0.3, -0.25) is 0 Å². The molecule has 0 N–H and O–H groups in total. The molecule has 0 aromatic carbocycles. The van der Waals surface area contributed by atoms with Gasteiger partial charge in [0.25, 0.3) is 0 Å². The van der Waals surface area contributed by atoms with Crippen molar-refractivity contribution in [1.29, 1.82) is 0 Å². The van der Waals surface area contributed by atoms with E-state index in [1.54, 1.807) is 0 Å². The highest BCUT2D eigenvalue weighted by Gasteiger charge is 2.11. The first-order chi connectivity index (χ1) is 6.38. The first-order valence-corrected chi connectivity index (χ1v) is 5.13. The molecule has 1 aliphatic heterocycles. The van der Waals surface area contributed by atoms with Crippen LogP contribution in [-0.4, -0.2) is 18.0 Å². The summed E-state index contributed by atoms with van der Waals surface area (Å²) in [6, 6.07) is 0. The van der Waals surface area contributed by atoms with Gasteiger partial charge in [-0.2, -0.15) is 0 Å². The average molecular weight is 177 g/mol. The van der Waals surface area contributed by atoms with Crippen LogP contribution in [0, 0.1) is 0 Å². The monoisotopic (exact) mass is 177 g/mol. The Balaban J connectivity index is 2.45. The standard InChI is InChI=1S/C12H19N/c1-3-5-9-12(4-2)13-10-7-6-8-11-13/h3H,1-2,5-11H2. The van der Waals surface area contributed by atoms with Crippen LogP contribution < -0.4 is 0 Å². The van der Waals surface area contributed by atoms with Gasteiger partial charge in [0.15, 0.2) is 0 Å². The summed E-state index contributed by atoms with van der Waals surface area (Å²) in [5.41, 5.74) is 4.33. The quantitative estimate of drug-likeness (QED) is 0.471. The number of likely N-dealkylation sites (tertiary alicyclic amines) is 1. The van der Waals surface area contributed by atoms with Crippen LogP contribution in [0.3, 0.4) is 0 Å². The van der Waals surface area contributed by atoms with E-state index in [1.165, 1.54) is 38.0 Å². The summed E-state index contributed by atoms with van der Waals surface area (Å²) in [5, 5.41) is 0. The normalized spacial score (nSPS) is 16.5. The Morgan fingerprint density at radius 3 is 2.54 bits per heavy atom. The highest BCUT2D eigenvalue weighted by Crippen LogP contribution is 2.17. The van der Waals surface area contributed by atoms with Gasteiger partial charge in [0.05, 0.1) is 5.70 Å². The zero-order valence-electron chi connectivity index (χ0n) is 8.39. The van der Waals surface area contributed by atoms with Gasteiger partial charge in [-0.1, -0.05) is 12.7 Å². The molecular weight excluding hydrogens is 158 g/mol. The van der Waals surface area contributed by atoms with E-state index in [2.05, 4.69) is 23.8 Å². The topological polar surface area (TPSA) is 3.24 Å². The van der Waals surface area contributed by atoms with E-state index in [0.717, 1.165) is 12.8 Å². The molecule has 1 saturated heterocycles. The van der Waals surface area contributed by atoms with Crippen molar-refractivity contribution < 1.29 is 0 Å². The van der Waals surface area contributed by atoms with Crippen LogP contribution >= 0.6 is 0 Å². The molecule has 1 rings (SSSR count). The fourth-order valence-corrected chi connectivity index (χ4v) is 1.76. The molecule has 0 saturated carbocycles. The van der Waals surface area contributed by atoms with E-state index in [4.69, 9.17) is 0 Å². The van der Waals surface area contributed by atoms with Gasteiger partial charge >= 0.3 is 0 Å². The smallest absolute Gasteiger partial charge is 0.0560 e. The summed E-state index contributed by atoms with van der Waals surface area (Å²) in [7, 11) is 0. The van der Waals surface area contributed by atoms with Crippen LogP contribution in [0.15, 0.2) is 30.7 Å². The lowest BCUT2D eigenvalue weighted by Gasteiger charge is -2.29. The first kappa shape index (κ1) is 10.1. The van der Waals surface area contributed by atoms with E-state index in [9.17, 15) is 0 Å². The predicted octanol–water partition coefficient (Wildman–Crippen LogP) is 3.11. The van der Waals surface area contributed by atoms with Crippen LogP contribution in [0.25, 0.3) is 0 Å². The second-order valence-electron chi connectivity index (χ2n) is 3.50. The highest BCUT2D eigenvalue weighted by molar-refractivity contribution is 5.00. The molecule has 0 spiro atoms. The highest BCUT2D eigenvalue weighted by atomic mass is 15.1. The summed E-state index contributed by atoms with van der Waals surface area (Å²) in [6.07, 6.45) is 8.06. The number of rotatable bonds is 4. The molecule has 0 amide bonds. The lowest BCUT2D eigenvalue weighted by atomic mass is 10.1. The molecule has 0 unspecified atom stereocenters. The zero-order chi connectivity index (χ0) is 9.52. The van der Waals surface area contributed by atoms with Crippen molar-refractivity contribution in [3.8, 4) is 0 Å². The molecular formula is C12H19N. The lowest BCUT2D eigenvalue weighted by Crippen LogP contribution is -2.28. The molecule has 0 radical (unpaired) electrons. The number of piperidine rings is 1. The van der Waals surface area contributed by atoms with Crippen LogP contribution in [0.2, 0.25) is 0 Å². The SMILES string of the molecule is C=C=C(CCC=C)N1CCCCC1. The minimum absolute atomic E-state index is 1.04. The third-order valence-electron chi connectivity index (χ3n) is 2.53. The van der Waals surface area contributed by atoms with Crippen LogP contribution in [0.1, 0.15) is 32.1 Å². The van der Waals surface area contributed by atoms with E-state index < -0.39 is 0 Å². The first-order valence-electron chi connectivity index (χ1n) is 5.13. The van der Waals surface area contributed by atoms with Crippen molar-refractivity contribution in [3.05, 3.63) is 30.7 Å². The van der Waals surface area contributed by atoms with Crippen molar-refractivity contribution in [3.63, 3.8) is 0 Å². The molecule has 0 aliphatic carbocycles. The van der Waals surface area contributed by atoms with Crippen molar-refractivity contribution in [2.45, 2.75) is 32.1 Å². The summed E-state index contributed by atoms with van der Waals surface area (Å²) in [6.45, 7) is 9.86. The minimum Gasteiger partial charge on any atom is -0.369 e. The third-order valence-corrected chi connectivity index (χ3v) is 2.53. The Kier molecular flexibility index (Phi) is 4.42. The van der Waals surface area contributed by atoms with Gasteiger partial charge < -0.3 is 4.90 Å². The molecule has 0 aromatic heterocycles. The van der Waals surface area contributed by atoms with Crippen molar-refractivity contribution in [2.24, 2.45) is 0 Å². The summed E-state index contributed by atoms with van der Waals surface area (Å²) in [5.74, 6) is 0. The van der Waals surface area contributed by atoms with E-state index in [0.29, 0.717) is 0 Å². The minimum atomic E-state index is 1.04. The van der Waals surface area contributed by atoms with Gasteiger partial charge in [0.1, 0.15) is 0 Å². The molecule has 1 aliphatic rings. The molecule has 1 heterocycles. The Hall–Kier alpha value is -0.940. The van der Waals surface area contributed by atoms with Gasteiger partial charge in [-0.05, 0) is 32.1 Å². The van der Waals surface area contributed by atoms with Crippen molar-refractivity contribution >= 4 is 0 Å². The summed E-state index contributed by atoms with van der Waals surface area (Å²) >= 11 is 0. The number of hydrogen-bond donors (Lipinski definition) is 0. The lowest BCUT2D eigenvalue weighted by molar-refractivity contribution is 0.278. The molecule has 13 heavy (non-hydrogen) atoms. The Morgan fingerprint density at radius 1 is 1.31 bits per heavy atom. The maximum absolute atomic E-state index is 3.75. The average Bonchev–Trinajstić information content (AvgIpc) is 2.21. The molecule has 0 atom stereocenters. The Morgan fingerprint density at radius 2 is 2.00 bits per heavy atom. The number of hydrogen-bond acceptors (Lipinski definition) is 1. The Bertz CT molecular complexity index is 205. The third kappa shape index (κ3) is 3.12. The van der Waals surface area contributed by atoms with E-state index in [-0.39, 0.29) is 0 Å². The molecule has 0 bridgehead atoms. The summed E-state index contributed by atoms with van der Waals surface area (Å²) < 4.78 is 0. The van der Waals surface area contributed by atoms with Crippen molar-refractivity contribution in [1.82, 2.24) is 4.90 Å². The van der Waals surface area contributed by atoms with E-state index in [1.807, 2.05) is 6.08 Å². The molecule has 72 valence electrons. The molecule has 1 nitrogen and oxygen atoms in total. The van der Waals surface area contributed by atoms with Crippen LogP contribution in [-0.2, 0) is 0 Å². The van der Waals surface area contributed by atoms with Crippen molar-refractivity contribution in [2.75, 3.05) is 13.1 Å². The Labute approximate surface area is 81.4 Å². The van der Waals surface area contributed by atoms with Gasteiger partial charge in [0, 0.05) is 13.1 Å². The number of nitrogens with zero attached hydrogens (tertiary/aromatic N) is 1. The second kappa shape index (κ2) is 5.66. The van der Waals surface area contributed by atoms with Gasteiger partial charge in [-0.15, -0.1) is 12.3 Å². The fraction of sp³-hybridized carbons (Fsp3) is 0.583. The van der Waals surface area contributed by atoms with Crippen LogP contribution in [0.4, 0.5) is 0 Å². The maximum Gasteiger partial charge on any atom is 0.0560 e. The molecule has 0 aromatic rings.